The van der Waals surface area contributed by atoms with Crippen LogP contribution in [-0.4, -0.2) is 15.5 Å². The number of ether oxygens (including phenoxy) is 1. The summed E-state index contributed by atoms with van der Waals surface area (Å²) in [5.74, 6) is 2.90. The number of fused-ring (bicyclic) bond motifs is 4. The summed E-state index contributed by atoms with van der Waals surface area (Å²) in [6, 6.07) is 8.28. The zero-order valence-electron chi connectivity index (χ0n) is 19.6. The van der Waals surface area contributed by atoms with Gasteiger partial charge < -0.3 is 9.30 Å². The Morgan fingerprint density at radius 2 is 1.67 bits per heavy atom. The second-order valence-corrected chi connectivity index (χ2v) is 11.2. The van der Waals surface area contributed by atoms with Gasteiger partial charge in [-0.3, -0.25) is 9.78 Å². The summed E-state index contributed by atoms with van der Waals surface area (Å²) in [6.45, 7) is 4.37. The second kappa shape index (κ2) is 6.59. The molecular weight excluding hydrogens is 408 g/mol. The fraction of sp³-hybridized carbons (Fsp3) is 0.448. The lowest BCUT2D eigenvalue weighted by Crippen LogP contribution is -2.51. The number of hydrogen-bond acceptors (Lipinski definition) is 3. The molecule has 0 aliphatic heterocycles. The molecule has 8 rings (SSSR count). The van der Waals surface area contributed by atoms with E-state index in [9.17, 15) is 4.79 Å². The number of esters is 1. The Hall–Kier alpha value is -2.88. The van der Waals surface area contributed by atoms with Crippen molar-refractivity contribution < 1.29 is 9.53 Å². The van der Waals surface area contributed by atoms with Crippen molar-refractivity contribution in [1.29, 1.82) is 0 Å². The number of aryl methyl sites for hydroxylation is 3. The van der Waals surface area contributed by atoms with Crippen LogP contribution in [0.2, 0.25) is 0 Å². The van der Waals surface area contributed by atoms with E-state index in [0.717, 1.165) is 47.9 Å². The van der Waals surface area contributed by atoms with Crippen molar-refractivity contribution in [3.05, 3.63) is 47.8 Å². The van der Waals surface area contributed by atoms with Gasteiger partial charge in [0.25, 0.3) is 0 Å². The minimum absolute atomic E-state index is 0.0174. The van der Waals surface area contributed by atoms with Crippen molar-refractivity contribution in [2.75, 3.05) is 0 Å². The van der Waals surface area contributed by atoms with Crippen LogP contribution in [0, 0.1) is 37.0 Å². The highest BCUT2D eigenvalue weighted by molar-refractivity contribution is 6.17. The van der Waals surface area contributed by atoms with Gasteiger partial charge in [-0.05, 0) is 111 Å². The smallest absolute Gasteiger partial charge is 0.317 e. The molecule has 4 saturated carbocycles. The van der Waals surface area contributed by atoms with Crippen LogP contribution in [0.4, 0.5) is 0 Å². The van der Waals surface area contributed by atoms with Crippen LogP contribution in [-0.2, 0) is 11.8 Å². The molecule has 2 heterocycles. The molecule has 0 spiro atoms. The summed E-state index contributed by atoms with van der Waals surface area (Å²) < 4.78 is 8.44. The molecule has 0 saturated heterocycles. The number of carbonyl (C=O) groups excluding carboxylic acids is 1. The highest BCUT2D eigenvalue weighted by atomic mass is 16.5. The van der Waals surface area contributed by atoms with E-state index < -0.39 is 0 Å². The van der Waals surface area contributed by atoms with Crippen molar-refractivity contribution in [2.24, 2.45) is 30.2 Å². The van der Waals surface area contributed by atoms with Gasteiger partial charge in [0, 0.05) is 41.1 Å². The predicted octanol–water partition coefficient (Wildman–Crippen LogP) is 6.62. The van der Waals surface area contributed by atoms with Crippen molar-refractivity contribution in [3.63, 3.8) is 0 Å². The van der Waals surface area contributed by atoms with Gasteiger partial charge in [-0.25, -0.2) is 0 Å². The molecule has 4 bridgehead atoms. The van der Waals surface area contributed by atoms with Gasteiger partial charge in [0.05, 0.1) is 10.9 Å². The van der Waals surface area contributed by atoms with Gasteiger partial charge in [0.15, 0.2) is 0 Å². The summed E-state index contributed by atoms with van der Waals surface area (Å²) in [6.07, 6.45) is 10.9. The molecule has 33 heavy (non-hydrogen) atoms. The summed E-state index contributed by atoms with van der Waals surface area (Å²) in [5, 5.41) is 4.81. The molecule has 2 aromatic heterocycles. The van der Waals surface area contributed by atoms with E-state index in [1.165, 1.54) is 52.1 Å². The van der Waals surface area contributed by atoms with Crippen LogP contribution < -0.4 is 4.74 Å². The Kier molecular flexibility index (Phi) is 3.91. The lowest BCUT2D eigenvalue weighted by Gasteiger charge is -2.55. The largest absolute Gasteiger partial charge is 0.426 e. The molecule has 0 atom stereocenters. The fourth-order valence-electron chi connectivity index (χ4n) is 8.16. The first-order valence-electron chi connectivity index (χ1n) is 12.4. The van der Waals surface area contributed by atoms with Crippen LogP contribution >= 0.6 is 0 Å². The van der Waals surface area contributed by atoms with Crippen molar-refractivity contribution in [3.8, 4) is 5.75 Å². The summed E-state index contributed by atoms with van der Waals surface area (Å²) in [7, 11) is 2.13. The molecule has 4 nitrogen and oxygen atoms in total. The van der Waals surface area contributed by atoms with Gasteiger partial charge in [0.1, 0.15) is 5.75 Å². The van der Waals surface area contributed by atoms with E-state index in [1.807, 2.05) is 18.5 Å². The number of benzene rings is 2. The van der Waals surface area contributed by atoms with E-state index >= 15 is 0 Å². The maximum Gasteiger partial charge on any atom is 0.317 e. The molecule has 4 aromatic rings. The first kappa shape index (κ1) is 19.6. The SMILES string of the molecule is Cc1c2cnccc2c(C)c2c1c1cc(OC(=O)C34CC5CC(CC(C5)C3)C4)ccc1n2C. The highest BCUT2D eigenvalue weighted by Crippen LogP contribution is 2.60. The predicted molar refractivity (Wildman–Crippen MR) is 131 cm³/mol. The van der Waals surface area contributed by atoms with Gasteiger partial charge in [-0.2, -0.15) is 0 Å². The van der Waals surface area contributed by atoms with Gasteiger partial charge in [0.2, 0.25) is 0 Å². The topological polar surface area (TPSA) is 44.1 Å². The normalized spacial score (nSPS) is 28.3. The molecule has 4 heteroatoms. The molecule has 0 amide bonds. The van der Waals surface area contributed by atoms with E-state index in [0.29, 0.717) is 5.75 Å². The number of rotatable bonds is 2. The average Bonchev–Trinajstić information content (AvgIpc) is 3.09. The van der Waals surface area contributed by atoms with Crippen LogP contribution in [0.15, 0.2) is 36.7 Å². The quantitative estimate of drug-likeness (QED) is 0.261. The van der Waals surface area contributed by atoms with Gasteiger partial charge >= 0.3 is 5.97 Å². The third-order valence-electron chi connectivity index (χ3n) is 9.21. The summed E-state index contributed by atoms with van der Waals surface area (Å²) >= 11 is 0. The average molecular weight is 439 g/mol. The van der Waals surface area contributed by atoms with Crippen LogP contribution in [0.1, 0.15) is 49.7 Å². The monoisotopic (exact) mass is 438 g/mol. The molecular formula is C29H30N2O2. The maximum atomic E-state index is 13.5. The van der Waals surface area contributed by atoms with Gasteiger partial charge in [-0.15, -0.1) is 0 Å². The Balaban J connectivity index is 1.34. The molecule has 0 radical (unpaired) electrons. The van der Waals surface area contributed by atoms with E-state index in [2.05, 4.69) is 48.6 Å². The minimum atomic E-state index is -0.239. The first-order valence-corrected chi connectivity index (χ1v) is 12.4. The maximum absolute atomic E-state index is 13.5. The van der Waals surface area contributed by atoms with Crippen LogP contribution in [0.5, 0.6) is 5.75 Å². The zero-order valence-corrected chi connectivity index (χ0v) is 19.6. The minimum Gasteiger partial charge on any atom is -0.426 e. The number of pyridine rings is 1. The highest BCUT2D eigenvalue weighted by Gasteiger charge is 2.55. The van der Waals surface area contributed by atoms with Crippen LogP contribution in [0.25, 0.3) is 32.6 Å². The molecule has 168 valence electrons. The standard InChI is InChI=1S/C29H30N2O2/c1-16-24-15-30-7-6-22(24)17(2)27-26(16)23-11-21(4-5-25(23)31(27)3)33-28(32)29-12-18-8-19(13-29)10-20(9-18)14-29/h4-7,11,15,18-20H,8-10,12-14H2,1-3H3. The molecule has 4 aliphatic rings. The fourth-order valence-corrected chi connectivity index (χ4v) is 8.16. The third-order valence-corrected chi connectivity index (χ3v) is 9.21. The molecule has 4 fully saturated rings. The van der Waals surface area contributed by atoms with Crippen LogP contribution in [0.3, 0.4) is 0 Å². The Morgan fingerprint density at radius 1 is 0.970 bits per heavy atom. The van der Waals surface area contributed by atoms with Crippen molar-refractivity contribution in [1.82, 2.24) is 9.55 Å². The van der Waals surface area contributed by atoms with E-state index in [-0.39, 0.29) is 11.4 Å². The number of aromatic nitrogens is 2. The summed E-state index contributed by atoms with van der Waals surface area (Å²) in [5.41, 5.74) is 4.66. The summed E-state index contributed by atoms with van der Waals surface area (Å²) in [4.78, 5) is 17.9. The zero-order chi connectivity index (χ0) is 22.5. The first-order chi connectivity index (χ1) is 15.9. The third kappa shape index (κ3) is 2.64. The van der Waals surface area contributed by atoms with Crippen molar-refractivity contribution in [2.45, 2.75) is 52.4 Å². The number of nitrogens with zero attached hydrogens (tertiary/aromatic N) is 2. The Labute approximate surface area is 193 Å². The Morgan fingerprint density at radius 3 is 2.36 bits per heavy atom. The van der Waals surface area contributed by atoms with Crippen molar-refractivity contribution >= 4 is 38.5 Å². The Bertz CT molecular complexity index is 1440. The molecule has 0 unspecified atom stereocenters. The van der Waals surface area contributed by atoms with Gasteiger partial charge in [-0.1, -0.05) is 0 Å². The lowest BCUT2D eigenvalue weighted by atomic mass is 9.49. The molecule has 0 N–H and O–H groups in total. The molecule has 4 aliphatic carbocycles. The second-order valence-electron chi connectivity index (χ2n) is 11.2. The number of carbonyl (C=O) groups is 1. The van der Waals surface area contributed by atoms with E-state index in [1.54, 1.807) is 0 Å². The number of hydrogen-bond donors (Lipinski definition) is 0. The lowest BCUT2D eigenvalue weighted by molar-refractivity contribution is -0.161. The van der Waals surface area contributed by atoms with E-state index in [4.69, 9.17) is 4.74 Å². The molecule has 2 aromatic carbocycles.